The smallest absolute Gasteiger partial charge is 0.223 e. The van der Waals surface area contributed by atoms with Gasteiger partial charge in [-0.05, 0) is 55.4 Å². The zero-order valence-electron chi connectivity index (χ0n) is 16.3. The summed E-state index contributed by atoms with van der Waals surface area (Å²) in [6.07, 6.45) is 4.27. The Kier molecular flexibility index (Phi) is 5.29. The van der Waals surface area contributed by atoms with Crippen molar-refractivity contribution in [2.24, 2.45) is 5.92 Å². The summed E-state index contributed by atoms with van der Waals surface area (Å²) in [6.45, 7) is 3.88. The van der Waals surface area contributed by atoms with E-state index >= 15 is 0 Å². The molecule has 2 heterocycles. The lowest BCUT2D eigenvalue weighted by atomic mass is 9.86. The van der Waals surface area contributed by atoms with Crippen molar-refractivity contribution < 1.29 is 14.0 Å². The van der Waals surface area contributed by atoms with Crippen molar-refractivity contribution in [1.29, 1.82) is 0 Å². The molecule has 1 aromatic carbocycles. The van der Waals surface area contributed by atoms with E-state index in [0.29, 0.717) is 44.1 Å². The van der Waals surface area contributed by atoms with E-state index in [0.717, 1.165) is 42.8 Å². The monoisotopic (exact) mass is 383 g/mol. The second-order valence-electron chi connectivity index (χ2n) is 8.05. The van der Waals surface area contributed by atoms with E-state index in [1.54, 1.807) is 12.1 Å². The van der Waals surface area contributed by atoms with Crippen LogP contribution in [0.1, 0.15) is 54.6 Å². The van der Waals surface area contributed by atoms with Gasteiger partial charge in [-0.2, -0.15) is 5.10 Å². The van der Waals surface area contributed by atoms with Crippen LogP contribution in [0.4, 0.5) is 4.39 Å². The van der Waals surface area contributed by atoms with E-state index in [1.165, 1.54) is 17.7 Å². The van der Waals surface area contributed by atoms with Crippen molar-refractivity contribution in [3.63, 3.8) is 0 Å². The van der Waals surface area contributed by atoms with E-state index in [4.69, 9.17) is 0 Å². The van der Waals surface area contributed by atoms with Gasteiger partial charge in [0, 0.05) is 25.8 Å². The van der Waals surface area contributed by atoms with Gasteiger partial charge >= 0.3 is 0 Å². The number of Topliss-reactive ketones (excluding diaryl/α,β-unsaturated/α-hetero) is 1. The van der Waals surface area contributed by atoms with Crippen LogP contribution in [0.5, 0.6) is 0 Å². The number of benzene rings is 1. The van der Waals surface area contributed by atoms with Crippen LogP contribution >= 0.6 is 0 Å². The summed E-state index contributed by atoms with van der Waals surface area (Å²) in [5, 5.41) is 4.68. The molecule has 0 radical (unpaired) electrons. The van der Waals surface area contributed by atoms with Gasteiger partial charge < -0.3 is 4.90 Å². The Bertz CT molecular complexity index is 878. The van der Waals surface area contributed by atoms with Crippen LogP contribution in [0.25, 0.3) is 0 Å². The molecule has 28 heavy (non-hydrogen) atoms. The van der Waals surface area contributed by atoms with Gasteiger partial charge in [0.15, 0.2) is 0 Å². The first-order valence-electron chi connectivity index (χ1n) is 10.1. The molecule has 4 rings (SSSR count). The average molecular weight is 383 g/mol. The van der Waals surface area contributed by atoms with E-state index in [2.05, 4.69) is 5.10 Å². The number of aromatic nitrogens is 2. The summed E-state index contributed by atoms with van der Waals surface area (Å²) in [4.78, 5) is 26.2. The van der Waals surface area contributed by atoms with Crippen LogP contribution < -0.4 is 0 Å². The summed E-state index contributed by atoms with van der Waals surface area (Å²) in [6, 6.07) is 6.47. The molecule has 1 fully saturated rings. The van der Waals surface area contributed by atoms with Crippen LogP contribution in [0.15, 0.2) is 24.3 Å². The maximum Gasteiger partial charge on any atom is 0.223 e. The molecule has 1 amide bonds. The highest BCUT2D eigenvalue weighted by Gasteiger charge is 2.28. The molecule has 0 atom stereocenters. The molecule has 0 spiro atoms. The van der Waals surface area contributed by atoms with E-state index in [1.807, 2.05) is 16.5 Å². The first kappa shape index (κ1) is 18.8. The van der Waals surface area contributed by atoms with Gasteiger partial charge in [-0.3, -0.25) is 14.3 Å². The van der Waals surface area contributed by atoms with Gasteiger partial charge in [-0.1, -0.05) is 12.1 Å². The van der Waals surface area contributed by atoms with Gasteiger partial charge in [-0.15, -0.1) is 0 Å². The third-order valence-corrected chi connectivity index (χ3v) is 6.06. The fourth-order valence-electron chi connectivity index (χ4n) is 4.36. The Hall–Kier alpha value is -2.50. The van der Waals surface area contributed by atoms with Crippen LogP contribution in [0.3, 0.4) is 0 Å². The van der Waals surface area contributed by atoms with E-state index in [9.17, 15) is 14.0 Å². The quantitative estimate of drug-likeness (QED) is 0.813. The van der Waals surface area contributed by atoms with Gasteiger partial charge in [-0.25, -0.2) is 4.39 Å². The molecular weight excluding hydrogens is 357 g/mol. The second-order valence-corrected chi connectivity index (χ2v) is 8.05. The SMILES string of the molecule is Cc1nn(Cc2ccc(F)cc2)c2c1CCN(C(=O)CC1CCC(=O)CC1)C2. The highest BCUT2D eigenvalue weighted by Crippen LogP contribution is 2.28. The highest BCUT2D eigenvalue weighted by atomic mass is 19.1. The number of rotatable bonds is 4. The van der Waals surface area contributed by atoms with Gasteiger partial charge in [0.2, 0.25) is 5.91 Å². The second kappa shape index (κ2) is 7.86. The minimum atomic E-state index is -0.247. The molecule has 0 saturated heterocycles. The molecule has 0 N–H and O–H groups in total. The normalized spacial score (nSPS) is 17.6. The molecule has 1 aliphatic heterocycles. The van der Waals surface area contributed by atoms with Gasteiger partial charge in [0.05, 0.1) is 24.5 Å². The predicted octanol–water partition coefficient (Wildman–Crippen LogP) is 3.41. The molecule has 2 aliphatic rings. The fourth-order valence-corrected chi connectivity index (χ4v) is 4.36. The molecule has 0 unspecified atom stereocenters. The predicted molar refractivity (Wildman–Crippen MR) is 103 cm³/mol. The number of nitrogens with zero attached hydrogens (tertiary/aromatic N) is 3. The first-order chi connectivity index (χ1) is 13.5. The maximum absolute atomic E-state index is 13.2. The van der Waals surface area contributed by atoms with Gasteiger partial charge in [0.25, 0.3) is 0 Å². The average Bonchev–Trinajstić information content (AvgIpc) is 3.00. The van der Waals surface area contributed by atoms with Crippen molar-refractivity contribution in [3.8, 4) is 0 Å². The van der Waals surface area contributed by atoms with Crippen molar-refractivity contribution in [2.75, 3.05) is 6.54 Å². The number of hydrogen-bond acceptors (Lipinski definition) is 3. The number of fused-ring (bicyclic) bond motifs is 1. The van der Waals surface area contributed by atoms with Crippen LogP contribution in [-0.2, 0) is 29.1 Å². The number of hydrogen-bond donors (Lipinski definition) is 0. The highest BCUT2D eigenvalue weighted by molar-refractivity contribution is 5.80. The lowest BCUT2D eigenvalue weighted by molar-refractivity contribution is -0.134. The minimum Gasteiger partial charge on any atom is -0.336 e. The molecule has 148 valence electrons. The summed E-state index contributed by atoms with van der Waals surface area (Å²) in [5.74, 6) is 0.588. The summed E-state index contributed by atoms with van der Waals surface area (Å²) in [7, 11) is 0. The number of halogens is 1. The lowest BCUT2D eigenvalue weighted by Crippen LogP contribution is -2.38. The van der Waals surface area contributed by atoms with Crippen molar-refractivity contribution in [3.05, 3.63) is 52.6 Å². The molecule has 0 bridgehead atoms. The minimum absolute atomic E-state index is 0.178. The molecular formula is C22H26FN3O2. The molecule has 1 saturated carbocycles. The Morgan fingerprint density at radius 2 is 1.89 bits per heavy atom. The fraction of sp³-hybridized carbons (Fsp3) is 0.500. The van der Waals surface area contributed by atoms with Crippen LogP contribution in [0, 0.1) is 18.7 Å². The molecule has 1 aliphatic carbocycles. The number of carbonyl (C=O) groups excluding carboxylic acids is 2. The van der Waals surface area contributed by atoms with Crippen LogP contribution in [-0.4, -0.2) is 32.9 Å². The summed E-state index contributed by atoms with van der Waals surface area (Å²) >= 11 is 0. The molecule has 1 aromatic heterocycles. The Labute approximate surface area is 164 Å². The third-order valence-electron chi connectivity index (χ3n) is 6.06. The topological polar surface area (TPSA) is 55.2 Å². The number of carbonyl (C=O) groups is 2. The van der Waals surface area contributed by atoms with Crippen molar-refractivity contribution in [2.45, 2.75) is 58.5 Å². The Morgan fingerprint density at radius 1 is 1.18 bits per heavy atom. The lowest BCUT2D eigenvalue weighted by Gasteiger charge is -2.30. The van der Waals surface area contributed by atoms with Crippen molar-refractivity contribution >= 4 is 11.7 Å². The molecule has 6 heteroatoms. The van der Waals surface area contributed by atoms with E-state index in [-0.39, 0.29) is 11.7 Å². The number of amides is 1. The standard InChI is InChI=1S/C22H26FN3O2/c1-15-20-10-11-25(22(28)12-16-4-8-19(27)9-5-16)14-21(20)26(24-15)13-17-2-6-18(23)7-3-17/h2-3,6-7,16H,4-5,8-14H2,1H3. The summed E-state index contributed by atoms with van der Waals surface area (Å²) < 4.78 is 15.1. The molecule has 2 aromatic rings. The molecule has 5 nitrogen and oxygen atoms in total. The number of ketones is 1. The third kappa shape index (κ3) is 4.01. The van der Waals surface area contributed by atoms with Crippen LogP contribution in [0.2, 0.25) is 0 Å². The number of aryl methyl sites for hydroxylation is 1. The Balaban J connectivity index is 1.45. The summed E-state index contributed by atoms with van der Waals surface area (Å²) in [5.41, 5.74) is 4.31. The maximum atomic E-state index is 13.2. The largest absolute Gasteiger partial charge is 0.336 e. The first-order valence-corrected chi connectivity index (χ1v) is 10.1. The zero-order valence-corrected chi connectivity index (χ0v) is 16.3. The Morgan fingerprint density at radius 3 is 2.61 bits per heavy atom. The van der Waals surface area contributed by atoms with Crippen molar-refractivity contribution in [1.82, 2.24) is 14.7 Å². The van der Waals surface area contributed by atoms with Gasteiger partial charge in [0.1, 0.15) is 11.6 Å². The van der Waals surface area contributed by atoms with E-state index < -0.39 is 0 Å². The zero-order chi connectivity index (χ0) is 19.7.